The molecule has 2 N–H and O–H groups in total. The fraction of sp³-hybridized carbons (Fsp3) is 0.409. The molecule has 0 bridgehead atoms. The van der Waals surface area contributed by atoms with Crippen LogP contribution in [0, 0.1) is 5.92 Å². The summed E-state index contributed by atoms with van der Waals surface area (Å²) < 4.78 is 5.47. The molecular formula is C22H28N4O3. The molecular weight excluding hydrogens is 368 g/mol. The number of rotatable bonds is 7. The highest BCUT2D eigenvalue weighted by molar-refractivity contribution is 6.39. The predicted octanol–water partition coefficient (Wildman–Crippen LogP) is 2.45. The van der Waals surface area contributed by atoms with Crippen molar-refractivity contribution in [3.8, 4) is 5.75 Å². The van der Waals surface area contributed by atoms with Gasteiger partial charge in [-0.15, -0.1) is 0 Å². The van der Waals surface area contributed by atoms with Gasteiger partial charge in [-0.05, 0) is 63.0 Å². The van der Waals surface area contributed by atoms with Crippen LogP contribution in [0.5, 0.6) is 5.75 Å². The Morgan fingerprint density at radius 2 is 1.86 bits per heavy atom. The number of nitrogens with zero attached hydrogens (tertiary/aromatic N) is 2. The number of benzene rings is 1. The summed E-state index contributed by atoms with van der Waals surface area (Å²) in [6.07, 6.45) is 3.79. The standard InChI is InChI=1S/C22H28N4O3/c1-2-29-20-9-4-3-8-19(20)25-22(28)21(27)24-15-17-10-13-26(14-11-17)16-18-7-5-6-12-23-18/h3-9,12,17H,2,10-11,13-16H2,1H3,(H,24,27)(H,25,28). The molecule has 1 fully saturated rings. The van der Waals surface area contributed by atoms with Gasteiger partial charge in [0.2, 0.25) is 0 Å². The maximum absolute atomic E-state index is 12.2. The summed E-state index contributed by atoms with van der Waals surface area (Å²) in [6, 6.07) is 13.0. The van der Waals surface area contributed by atoms with Crippen LogP contribution in [-0.2, 0) is 16.1 Å². The quantitative estimate of drug-likeness (QED) is 0.703. The number of carbonyl (C=O) groups is 2. The lowest BCUT2D eigenvalue weighted by Gasteiger charge is -2.31. The van der Waals surface area contributed by atoms with Gasteiger partial charge in [0.1, 0.15) is 5.75 Å². The number of amides is 2. The van der Waals surface area contributed by atoms with E-state index in [0.29, 0.717) is 30.5 Å². The highest BCUT2D eigenvalue weighted by atomic mass is 16.5. The van der Waals surface area contributed by atoms with Gasteiger partial charge < -0.3 is 15.4 Å². The van der Waals surface area contributed by atoms with E-state index in [9.17, 15) is 9.59 Å². The highest BCUT2D eigenvalue weighted by Gasteiger charge is 2.22. The lowest BCUT2D eigenvalue weighted by atomic mass is 9.96. The summed E-state index contributed by atoms with van der Waals surface area (Å²) in [5.41, 5.74) is 1.57. The molecule has 0 atom stereocenters. The number of ether oxygens (including phenoxy) is 1. The van der Waals surface area contributed by atoms with Gasteiger partial charge in [-0.2, -0.15) is 0 Å². The van der Waals surface area contributed by atoms with Gasteiger partial charge in [-0.1, -0.05) is 18.2 Å². The van der Waals surface area contributed by atoms with Crippen LogP contribution in [0.3, 0.4) is 0 Å². The van der Waals surface area contributed by atoms with E-state index in [2.05, 4.69) is 20.5 Å². The third-order valence-electron chi connectivity index (χ3n) is 5.01. The number of pyridine rings is 1. The third-order valence-corrected chi connectivity index (χ3v) is 5.01. The van der Waals surface area contributed by atoms with Crippen molar-refractivity contribution in [1.29, 1.82) is 0 Å². The van der Waals surface area contributed by atoms with Crippen LogP contribution in [0.25, 0.3) is 0 Å². The van der Waals surface area contributed by atoms with Gasteiger partial charge in [-0.3, -0.25) is 19.5 Å². The lowest BCUT2D eigenvalue weighted by molar-refractivity contribution is -0.136. The third kappa shape index (κ3) is 6.29. The van der Waals surface area contributed by atoms with Crippen LogP contribution < -0.4 is 15.4 Å². The van der Waals surface area contributed by atoms with Gasteiger partial charge in [0.25, 0.3) is 0 Å². The van der Waals surface area contributed by atoms with Crippen molar-refractivity contribution in [2.45, 2.75) is 26.3 Å². The molecule has 29 heavy (non-hydrogen) atoms. The predicted molar refractivity (Wildman–Crippen MR) is 111 cm³/mol. The van der Waals surface area contributed by atoms with E-state index in [4.69, 9.17) is 4.74 Å². The second-order valence-corrected chi connectivity index (χ2v) is 7.13. The number of likely N-dealkylation sites (tertiary alicyclic amines) is 1. The topological polar surface area (TPSA) is 83.6 Å². The molecule has 0 unspecified atom stereocenters. The molecule has 2 aromatic rings. The van der Waals surface area contributed by atoms with Crippen molar-refractivity contribution >= 4 is 17.5 Å². The van der Waals surface area contributed by atoms with Crippen molar-refractivity contribution < 1.29 is 14.3 Å². The van der Waals surface area contributed by atoms with Crippen LogP contribution in [0.15, 0.2) is 48.7 Å². The Hall–Kier alpha value is -2.93. The van der Waals surface area contributed by atoms with E-state index in [-0.39, 0.29) is 0 Å². The Bertz CT molecular complexity index is 805. The normalized spacial score (nSPS) is 14.9. The van der Waals surface area contributed by atoms with Crippen molar-refractivity contribution in [3.63, 3.8) is 0 Å². The van der Waals surface area contributed by atoms with Gasteiger partial charge in [0.05, 0.1) is 18.0 Å². The van der Waals surface area contributed by atoms with Crippen LogP contribution in [0.2, 0.25) is 0 Å². The molecule has 3 rings (SSSR count). The van der Waals surface area contributed by atoms with E-state index in [1.807, 2.05) is 37.4 Å². The summed E-state index contributed by atoms with van der Waals surface area (Å²) in [5, 5.41) is 5.39. The number of piperidine rings is 1. The fourth-order valence-electron chi connectivity index (χ4n) is 3.42. The average molecular weight is 396 g/mol. The molecule has 2 amide bonds. The molecule has 0 radical (unpaired) electrons. The molecule has 7 heteroatoms. The Morgan fingerprint density at radius 3 is 2.59 bits per heavy atom. The second kappa shape index (κ2) is 10.6. The zero-order chi connectivity index (χ0) is 20.5. The van der Waals surface area contributed by atoms with Crippen molar-refractivity contribution in [2.24, 2.45) is 5.92 Å². The first-order valence-corrected chi connectivity index (χ1v) is 10.1. The minimum atomic E-state index is -0.676. The number of para-hydroxylation sites is 2. The van der Waals surface area contributed by atoms with Crippen LogP contribution in [0.1, 0.15) is 25.5 Å². The number of aromatic nitrogens is 1. The number of nitrogens with one attached hydrogen (secondary N) is 2. The summed E-state index contributed by atoms with van der Waals surface area (Å²) in [7, 11) is 0. The molecule has 1 aliphatic heterocycles. The van der Waals surface area contributed by atoms with Gasteiger partial charge in [-0.25, -0.2) is 0 Å². The molecule has 1 aliphatic rings. The largest absolute Gasteiger partial charge is 0.492 e. The highest BCUT2D eigenvalue weighted by Crippen LogP contribution is 2.23. The Kier molecular flexibility index (Phi) is 7.58. The van der Waals surface area contributed by atoms with Crippen molar-refractivity contribution in [2.75, 3.05) is 31.6 Å². The van der Waals surface area contributed by atoms with E-state index in [1.54, 1.807) is 18.2 Å². The molecule has 154 valence electrons. The molecule has 7 nitrogen and oxygen atoms in total. The minimum Gasteiger partial charge on any atom is -0.492 e. The van der Waals surface area contributed by atoms with Gasteiger partial charge >= 0.3 is 11.8 Å². The number of carbonyl (C=O) groups excluding carboxylic acids is 2. The minimum absolute atomic E-state index is 0.377. The molecule has 2 heterocycles. The molecule has 0 spiro atoms. The molecule has 0 aliphatic carbocycles. The first kappa shape index (κ1) is 20.8. The van der Waals surface area contributed by atoms with Crippen LogP contribution in [0.4, 0.5) is 5.69 Å². The smallest absolute Gasteiger partial charge is 0.313 e. The first-order valence-electron chi connectivity index (χ1n) is 10.1. The van der Waals surface area contributed by atoms with Crippen LogP contribution in [-0.4, -0.2) is 47.9 Å². The fourth-order valence-corrected chi connectivity index (χ4v) is 3.42. The van der Waals surface area contributed by atoms with Gasteiger partial charge in [0.15, 0.2) is 0 Å². The van der Waals surface area contributed by atoms with Crippen molar-refractivity contribution in [1.82, 2.24) is 15.2 Å². The lowest BCUT2D eigenvalue weighted by Crippen LogP contribution is -2.41. The summed E-state index contributed by atoms with van der Waals surface area (Å²) >= 11 is 0. The Morgan fingerprint density at radius 1 is 1.10 bits per heavy atom. The number of hydrogen-bond donors (Lipinski definition) is 2. The summed E-state index contributed by atoms with van der Waals surface area (Å²) in [4.78, 5) is 31.1. The monoisotopic (exact) mass is 396 g/mol. The van der Waals surface area contributed by atoms with Gasteiger partial charge in [0, 0.05) is 19.3 Å². The second-order valence-electron chi connectivity index (χ2n) is 7.13. The SMILES string of the molecule is CCOc1ccccc1NC(=O)C(=O)NCC1CCN(Cc2ccccn2)CC1. The number of hydrogen-bond acceptors (Lipinski definition) is 5. The summed E-state index contributed by atoms with van der Waals surface area (Å²) in [5.74, 6) is -0.365. The van der Waals surface area contributed by atoms with E-state index < -0.39 is 11.8 Å². The van der Waals surface area contributed by atoms with Crippen molar-refractivity contribution in [3.05, 3.63) is 54.4 Å². The Balaban J connectivity index is 1.40. The van der Waals surface area contributed by atoms with E-state index >= 15 is 0 Å². The average Bonchev–Trinajstić information content (AvgIpc) is 2.75. The molecule has 1 aromatic carbocycles. The van der Waals surface area contributed by atoms with E-state index in [1.165, 1.54) is 0 Å². The van der Waals surface area contributed by atoms with Crippen LogP contribution >= 0.6 is 0 Å². The molecule has 0 saturated carbocycles. The maximum Gasteiger partial charge on any atom is 0.313 e. The number of anilines is 1. The zero-order valence-corrected chi connectivity index (χ0v) is 16.8. The molecule has 1 aromatic heterocycles. The summed E-state index contributed by atoms with van der Waals surface area (Å²) in [6.45, 7) is 5.64. The Labute approximate surface area is 171 Å². The zero-order valence-electron chi connectivity index (χ0n) is 16.8. The first-order chi connectivity index (χ1) is 14.2. The maximum atomic E-state index is 12.2. The molecule has 1 saturated heterocycles. The van der Waals surface area contributed by atoms with E-state index in [0.717, 1.165) is 38.2 Å².